The summed E-state index contributed by atoms with van der Waals surface area (Å²) in [5, 5.41) is 0. The van der Waals surface area contributed by atoms with Crippen LogP contribution in [0.1, 0.15) is 12.5 Å². The van der Waals surface area contributed by atoms with E-state index in [2.05, 4.69) is 12.1 Å². The number of carbonyl (C=O) groups excluding carboxylic acids is 1. The second-order valence-corrected chi connectivity index (χ2v) is 4.38. The van der Waals surface area contributed by atoms with E-state index in [1.807, 2.05) is 34.9 Å². The molecule has 0 aromatic heterocycles. The molecule has 18 heavy (non-hydrogen) atoms. The van der Waals surface area contributed by atoms with E-state index < -0.39 is 0 Å². The van der Waals surface area contributed by atoms with Crippen LogP contribution in [-0.2, 0) is 11.3 Å². The van der Waals surface area contributed by atoms with Gasteiger partial charge in [0.05, 0.1) is 13.2 Å². The minimum absolute atomic E-state index is 0.115. The number of benzene rings is 1. The van der Waals surface area contributed by atoms with E-state index in [9.17, 15) is 4.79 Å². The minimum Gasteiger partial charge on any atom is -0.378 e. The lowest BCUT2D eigenvalue weighted by Gasteiger charge is -2.32. The molecule has 0 saturated carbocycles. The van der Waals surface area contributed by atoms with Crippen molar-refractivity contribution in [3.63, 3.8) is 0 Å². The molecule has 0 bridgehead atoms. The fourth-order valence-electron chi connectivity index (χ4n) is 2.07. The van der Waals surface area contributed by atoms with Crippen LogP contribution < -0.4 is 0 Å². The first-order chi connectivity index (χ1) is 8.81. The van der Waals surface area contributed by atoms with Gasteiger partial charge in [-0.05, 0) is 12.5 Å². The SMILES string of the molecule is CCN(Cc1ccccc1)C(=O)N1CCOCC1. The zero-order chi connectivity index (χ0) is 12.8. The summed E-state index contributed by atoms with van der Waals surface area (Å²) in [5.74, 6) is 0. The largest absolute Gasteiger partial charge is 0.378 e. The molecule has 1 saturated heterocycles. The molecule has 2 amide bonds. The number of urea groups is 1. The van der Waals surface area contributed by atoms with Crippen molar-refractivity contribution in [3.8, 4) is 0 Å². The van der Waals surface area contributed by atoms with E-state index in [0.29, 0.717) is 32.8 Å². The lowest BCUT2D eigenvalue weighted by Crippen LogP contribution is -2.47. The van der Waals surface area contributed by atoms with Crippen LogP contribution >= 0.6 is 0 Å². The zero-order valence-corrected chi connectivity index (χ0v) is 10.8. The molecule has 1 aliphatic rings. The molecule has 0 radical (unpaired) electrons. The average Bonchev–Trinajstić information content (AvgIpc) is 2.46. The molecule has 1 aliphatic heterocycles. The van der Waals surface area contributed by atoms with Crippen LogP contribution in [0.3, 0.4) is 0 Å². The van der Waals surface area contributed by atoms with Crippen LogP contribution in [0.15, 0.2) is 30.3 Å². The molecule has 0 unspecified atom stereocenters. The molecule has 1 aromatic carbocycles. The highest BCUT2D eigenvalue weighted by Gasteiger charge is 2.21. The summed E-state index contributed by atoms with van der Waals surface area (Å²) in [7, 11) is 0. The highest BCUT2D eigenvalue weighted by molar-refractivity contribution is 5.74. The van der Waals surface area contributed by atoms with E-state index in [1.165, 1.54) is 5.56 Å². The van der Waals surface area contributed by atoms with Crippen LogP contribution in [0, 0.1) is 0 Å². The van der Waals surface area contributed by atoms with Crippen molar-refractivity contribution in [2.24, 2.45) is 0 Å². The van der Waals surface area contributed by atoms with Crippen molar-refractivity contribution in [3.05, 3.63) is 35.9 Å². The van der Waals surface area contributed by atoms with E-state index >= 15 is 0 Å². The maximum absolute atomic E-state index is 12.3. The van der Waals surface area contributed by atoms with Gasteiger partial charge in [-0.15, -0.1) is 0 Å². The van der Waals surface area contributed by atoms with Gasteiger partial charge in [-0.1, -0.05) is 30.3 Å². The second-order valence-electron chi connectivity index (χ2n) is 4.38. The first-order valence-corrected chi connectivity index (χ1v) is 6.46. The van der Waals surface area contributed by atoms with Crippen LogP contribution in [0.2, 0.25) is 0 Å². The second kappa shape index (κ2) is 6.40. The van der Waals surface area contributed by atoms with Crippen LogP contribution in [0.4, 0.5) is 4.79 Å². The highest BCUT2D eigenvalue weighted by atomic mass is 16.5. The Morgan fingerprint density at radius 1 is 1.28 bits per heavy atom. The highest BCUT2D eigenvalue weighted by Crippen LogP contribution is 2.08. The predicted octanol–water partition coefficient (Wildman–Crippen LogP) is 1.96. The first-order valence-electron chi connectivity index (χ1n) is 6.46. The normalized spacial score (nSPS) is 15.5. The summed E-state index contributed by atoms with van der Waals surface area (Å²) in [6.07, 6.45) is 0. The molecular weight excluding hydrogens is 228 g/mol. The van der Waals surface area contributed by atoms with Crippen molar-refractivity contribution in [2.75, 3.05) is 32.8 Å². The number of rotatable bonds is 3. The van der Waals surface area contributed by atoms with Crippen molar-refractivity contribution in [1.29, 1.82) is 0 Å². The first kappa shape index (κ1) is 12.9. The molecule has 0 N–H and O–H groups in total. The maximum atomic E-state index is 12.3. The molecule has 1 fully saturated rings. The quantitative estimate of drug-likeness (QED) is 0.819. The van der Waals surface area contributed by atoms with Crippen molar-refractivity contribution in [2.45, 2.75) is 13.5 Å². The summed E-state index contributed by atoms with van der Waals surface area (Å²) in [6, 6.07) is 10.2. The zero-order valence-electron chi connectivity index (χ0n) is 10.8. The number of morpholine rings is 1. The van der Waals surface area contributed by atoms with Crippen LogP contribution in [0.25, 0.3) is 0 Å². The van der Waals surface area contributed by atoms with Crippen LogP contribution in [-0.4, -0.2) is 48.7 Å². The van der Waals surface area contributed by atoms with Gasteiger partial charge in [0.15, 0.2) is 0 Å². The fraction of sp³-hybridized carbons (Fsp3) is 0.500. The third-order valence-electron chi connectivity index (χ3n) is 3.15. The molecule has 4 heteroatoms. The fourth-order valence-corrected chi connectivity index (χ4v) is 2.07. The molecule has 4 nitrogen and oxygen atoms in total. The molecule has 1 aromatic rings. The van der Waals surface area contributed by atoms with Gasteiger partial charge in [-0.2, -0.15) is 0 Å². The standard InChI is InChI=1S/C14H20N2O2/c1-2-15(12-13-6-4-3-5-7-13)14(17)16-8-10-18-11-9-16/h3-7H,2,8-12H2,1H3. The molecule has 1 heterocycles. The van der Waals surface area contributed by atoms with E-state index in [4.69, 9.17) is 4.74 Å². The van der Waals surface area contributed by atoms with Crippen molar-refractivity contribution >= 4 is 6.03 Å². The van der Waals surface area contributed by atoms with E-state index in [1.54, 1.807) is 0 Å². The Balaban J connectivity index is 1.97. The monoisotopic (exact) mass is 248 g/mol. The number of carbonyl (C=O) groups is 1. The van der Waals surface area contributed by atoms with Gasteiger partial charge in [0, 0.05) is 26.2 Å². The van der Waals surface area contributed by atoms with Crippen LogP contribution in [0.5, 0.6) is 0 Å². The van der Waals surface area contributed by atoms with Gasteiger partial charge < -0.3 is 14.5 Å². The Labute approximate surface area is 108 Å². The van der Waals surface area contributed by atoms with Gasteiger partial charge in [0.1, 0.15) is 0 Å². The summed E-state index contributed by atoms with van der Waals surface area (Å²) in [6.45, 7) is 6.11. The summed E-state index contributed by atoms with van der Waals surface area (Å²) in [5.41, 5.74) is 1.17. The lowest BCUT2D eigenvalue weighted by atomic mass is 10.2. The lowest BCUT2D eigenvalue weighted by molar-refractivity contribution is 0.0431. The topological polar surface area (TPSA) is 32.8 Å². The number of amides is 2. The predicted molar refractivity (Wildman–Crippen MR) is 70.3 cm³/mol. The van der Waals surface area contributed by atoms with Gasteiger partial charge in [0.2, 0.25) is 0 Å². The van der Waals surface area contributed by atoms with E-state index in [0.717, 1.165) is 6.54 Å². The third-order valence-corrected chi connectivity index (χ3v) is 3.15. The number of hydrogen-bond acceptors (Lipinski definition) is 2. The smallest absolute Gasteiger partial charge is 0.320 e. The molecular formula is C14H20N2O2. The minimum atomic E-state index is 0.115. The van der Waals surface area contributed by atoms with Gasteiger partial charge in [-0.25, -0.2) is 4.79 Å². The Morgan fingerprint density at radius 2 is 1.94 bits per heavy atom. The van der Waals surface area contributed by atoms with Crippen molar-refractivity contribution < 1.29 is 9.53 Å². The summed E-state index contributed by atoms with van der Waals surface area (Å²) in [4.78, 5) is 16.1. The third kappa shape index (κ3) is 3.23. The van der Waals surface area contributed by atoms with Gasteiger partial charge >= 0.3 is 6.03 Å². The Hall–Kier alpha value is -1.55. The average molecular weight is 248 g/mol. The maximum Gasteiger partial charge on any atom is 0.320 e. The number of nitrogens with zero attached hydrogens (tertiary/aromatic N) is 2. The summed E-state index contributed by atoms with van der Waals surface area (Å²) >= 11 is 0. The molecule has 0 spiro atoms. The molecule has 2 rings (SSSR count). The van der Waals surface area contributed by atoms with E-state index in [-0.39, 0.29) is 6.03 Å². The molecule has 98 valence electrons. The van der Waals surface area contributed by atoms with Crippen molar-refractivity contribution in [1.82, 2.24) is 9.80 Å². The van der Waals surface area contributed by atoms with Gasteiger partial charge in [-0.3, -0.25) is 0 Å². The Bertz CT molecular complexity index is 375. The summed E-state index contributed by atoms with van der Waals surface area (Å²) < 4.78 is 5.27. The Morgan fingerprint density at radius 3 is 2.56 bits per heavy atom. The molecule has 0 aliphatic carbocycles. The molecule has 0 atom stereocenters. The van der Waals surface area contributed by atoms with Gasteiger partial charge in [0.25, 0.3) is 0 Å². The number of hydrogen-bond donors (Lipinski definition) is 0. The Kier molecular flexibility index (Phi) is 4.59. The number of ether oxygens (including phenoxy) is 1.